The minimum Gasteiger partial charge on any atom is -0.396 e. The zero-order valence-electron chi connectivity index (χ0n) is 14.3. The van der Waals surface area contributed by atoms with Crippen LogP contribution in [-0.2, 0) is 0 Å². The minimum absolute atomic E-state index is 0.372. The SMILES string of the molecule is CCCCCCCCCCCCCCO.OC(O)(O)C(O)(O)O. The molecule has 0 aliphatic heterocycles. The summed E-state index contributed by atoms with van der Waals surface area (Å²) in [5.41, 5.74) is 0. The third-order valence-electron chi connectivity index (χ3n) is 3.46. The van der Waals surface area contributed by atoms with Gasteiger partial charge in [0.2, 0.25) is 0 Å². The Hall–Kier alpha value is -0.280. The number of hydrogen-bond donors (Lipinski definition) is 7. The number of aliphatic hydroxyl groups is 7. The molecule has 23 heavy (non-hydrogen) atoms. The van der Waals surface area contributed by atoms with Crippen LogP contribution in [0.4, 0.5) is 0 Å². The Kier molecular flexibility index (Phi) is 16.6. The van der Waals surface area contributed by atoms with Gasteiger partial charge in [0, 0.05) is 6.61 Å². The number of aliphatic hydroxyl groups excluding tert-OH is 1. The maximum Gasteiger partial charge on any atom is 0.362 e. The molecular formula is C16H36O7. The van der Waals surface area contributed by atoms with Crippen molar-refractivity contribution in [3.8, 4) is 0 Å². The lowest BCUT2D eigenvalue weighted by atomic mass is 10.1. The van der Waals surface area contributed by atoms with Crippen molar-refractivity contribution in [1.82, 2.24) is 0 Å². The van der Waals surface area contributed by atoms with Crippen LogP contribution >= 0.6 is 0 Å². The van der Waals surface area contributed by atoms with Crippen molar-refractivity contribution < 1.29 is 35.7 Å². The quantitative estimate of drug-likeness (QED) is 0.195. The summed E-state index contributed by atoms with van der Waals surface area (Å²) >= 11 is 0. The fourth-order valence-corrected chi connectivity index (χ4v) is 1.95. The van der Waals surface area contributed by atoms with Gasteiger partial charge in [-0.05, 0) is 6.42 Å². The minimum atomic E-state index is -3.90. The van der Waals surface area contributed by atoms with Gasteiger partial charge in [-0.25, -0.2) is 0 Å². The molecule has 0 aliphatic rings. The highest BCUT2D eigenvalue weighted by Gasteiger charge is 2.44. The molecule has 0 amide bonds. The molecule has 0 saturated heterocycles. The van der Waals surface area contributed by atoms with Gasteiger partial charge in [-0.2, -0.15) is 0 Å². The van der Waals surface area contributed by atoms with E-state index in [4.69, 9.17) is 35.7 Å². The predicted molar refractivity (Wildman–Crippen MR) is 86.9 cm³/mol. The number of rotatable bonds is 13. The average Bonchev–Trinajstić information content (AvgIpc) is 2.43. The molecular weight excluding hydrogens is 304 g/mol. The van der Waals surface area contributed by atoms with E-state index in [9.17, 15) is 0 Å². The highest BCUT2D eigenvalue weighted by Crippen LogP contribution is 2.11. The van der Waals surface area contributed by atoms with E-state index < -0.39 is 11.9 Å². The standard InChI is InChI=1S/C14H30O.C2H6O6/c1-2-3-4-5-6-7-8-9-10-11-12-13-14-15;3-1(4,5)2(6,7)8/h15H,2-14H2,1H3;3-8H. The summed E-state index contributed by atoms with van der Waals surface area (Å²) in [4.78, 5) is 0. The molecule has 0 spiro atoms. The Labute approximate surface area is 139 Å². The summed E-state index contributed by atoms with van der Waals surface area (Å²) in [6, 6.07) is 0. The highest BCUT2D eigenvalue weighted by molar-refractivity contribution is 4.54. The third kappa shape index (κ3) is 19.7. The van der Waals surface area contributed by atoms with E-state index in [1.807, 2.05) is 0 Å². The van der Waals surface area contributed by atoms with Crippen LogP contribution in [0, 0.1) is 0 Å². The lowest BCUT2D eigenvalue weighted by Gasteiger charge is -2.23. The fraction of sp³-hybridized carbons (Fsp3) is 1.00. The van der Waals surface area contributed by atoms with Crippen LogP contribution in [0.1, 0.15) is 84.0 Å². The van der Waals surface area contributed by atoms with Gasteiger partial charge in [0.25, 0.3) is 0 Å². The zero-order valence-corrected chi connectivity index (χ0v) is 14.3. The second-order valence-corrected chi connectivity index (χ2v) is 5.88. The van der Waals surface area contributed by atoms with E-state index in [-0.39, 0.29) is 0 Å². The van der Waals surface area contributed by atoms with E-state index in [0.29, 0.717) is 6.61 Å². The lowest BCUT2D eigenvalue weighted by molar-refractivity contribution is -0.512. The monoisotopic (exact) mass is 340 g/mol. The van der Waals surface area contributed by atoms with Gasteiger partial charge in [-0.3, -0.25) is 0 Å². The van der Waals surface area contributed by atoms with Gasteiger partial charge >= 0.3 is 11.9 Å². The molecule has 0 fully saturated rings. The van der Waals surface area contributed by atoms with Crippen molar-refractivity contribution in [3.63, 3.8) is 0 Å². The first kappa shape index (κ1) is 25.0. The van der Waals surface area contributed by atoms with Gasteiger partial charge < -0.3 is 35.7 Å². The molecule has 0 bridgehead atoms. The second-order valence-electron chi connectivity index (χ2n) is 5.88. The van der Waals surface area contributed by atoms with Crippen molar-refractivity contribution >= 4 is 0 Å². The van der Waals surface area contributed by atoms with Crippen LogP contribution in [0.15, 0.2) is 0 Å². The zero-order chi connectivity index (χ0) is 18.2. The van der Waals surface area contributed by atoms with Crippen molar-refractivity contribution in [2.75, 3.05) is 6.61 Å². The van der Waals surface area contributed by atoms with E-state index in [1.165, 1.54) is 70.6 Å². The van der Waals surface area contributed by atoms with E-state index in [1.54, 1.807) is 0 Å². The molecule has 0 aliphatic carbocycles. The second kappa shape index (κ2) is 15.3. The van der Waals surface area contributed by atoms with Gasteiger partial charge in [0.1, 0.15) is 0 Å². The summed E-state index contributed by atoms with van der Waals surface area (Å²) in [7, 11) is 0. The van der Waals surface area contributed by atoms with Crippen LogP contribution in [0.25, 0.3) is 0 Å². The molecule has 7 heteroatoms. The molecule has 0 saturated carbocycles. The lowest BCUT2D eigenvalue weighted by Crippen LogP contribution is -2.54. The summed E-state index contributed by atoms with van der Waals surface area (Å²) in [6.45, 7) is 2.64. The van der Waals surface area contributed by atoms with Crippen molar-refractivity contribution in [2.45, 2.75) is 95.9 Å². The molecule has 0 aromatic carbocycles. The van der Waals surface area contributed by atoms with E-state index >= 15 is 0 Å². The summed E-state index contributed by atoms with van der Waals surface area (Å²) in [5.74, 6) is -7.79. The van der Waals surface area contributed by atoms with Crippen molar-refractivity contribution in [3.05, 3.63) is 0 Å². The van der Waals surface area contributed by atoms with Gasteiger partial charge in [-0.1, -0.05) is 77.6 Å². The largest absolute Gasteiger partial charge is 0.396 e. The molecule has 0 atom stereocenters. The molecule has 0 unspecified atom stereocenters. The Morgan fingerprint density at radius 2 is 0.739 bits per heavy atom. The maximum absolute atomic E-state index is 8.61. The van der Waals surface area contributed by atoms with Crippen LogP contribution in [-0.4, -0.2) is 54.3 Å². The van der Waals surface area contributed by atoms with Crippen LogP contribution in [0.2, 0.25) is 0 Å². The summed E-state index contributed by atoms with van der Waals surface area (Å²) in [5, 5.41) is 54.9. The fourth-order valence-electron chi connectivity index (χ4n) is 1.95. The van der Waals surface area contributed by atoms with Crippen molar-refractivity contribution in [1.29, 1.82) is 0 Å². The average molecular weight is 340 g/mol. The Morgan fingerprint density at radius 1 is 0.478 bits per heavy atom. The van der Waals surface area contributed by atoms with E-state index in [2.05, 4.69) is 6.92 Å². The summed E-state index contributed by atoms with van der Waals surface area (Å²) < 4.78 is 0. The maximum atomic E-state index is 8.61. The molecule has 0 aromatic heterocycles. The molecule has 0 rings (SSSR count). The predicted octanol–water partition coefficient (Wildman–Crippen LogP) is 0.928. The van der Waals surface area contributed by atoms with E-state index in [0.717, 1.165) is 6.42 Å². The molecule has 7 N–H and O–H groups in total. The molecule has 0 aromatic rings. The highest BCUT2D eigenvalue weighted by atomic mass is 16.8. The van der Waals surface area contributed by atoms with Crippen molar-refractivity contribution in [2.24, 2.45) is 0 Å². The third-order valence-corrected chi connectivity index (χ3v) is 3.46. The Morgan fingerprint density at radius 3 is 0.957 bits per heavy atom. The Bertz CT molecular complexity index is 210. The topological polar surface area (TPSA) is 142 Å². The van der Waals surface area contributed by atoms with Crippen LogP contribution in [0.5, 0.6) is 0 Å². The van der Waals surface area contributed by atoms with Gasteiger partial charge in [-0.15, -0.1) is 0 Å². The first-order valence-corrected chi connectivity index (χ1v) is 8.61. The molecule has 0 heterocycles. The van der Waals surface area contributed by atoms with Gasteiger partial charge in [0.15, 0.2) is 0 Å². The van der Waals surface area contributed by atoms with Crippen LogP contribution < -0.4 is 0 Å². The summed E-state index contributed by atoms with van der Waals surface area (Å²) in [6.07, 6.45) is 16.2. The van der Waals surface area contributed by atoms with Gasteiger partial charge in [0.05, 0.1) is 0 Å². The number of unbranched alkanes of at least 4 members (excludes halogenated alkanes) is 11. The molecule has 7 nitrogen and oxygen atoms in total. The first-order chi connectivity index (χ1) is 10.7. The smallest absolute Gasteiger partial charge is 0.362 e. The molecule has 0 radical (unpaired) electrons. The first-order valence-electron chi connectivity index (χ1n) is 8.61. The molecule has 142 valence electrons. The van der Waals surface area contributed by atoms with Crippen LogP contribution in [0.3, 0.4) is 0 Å². The Balaban J connectivity index is 0. The number of hydrogen-bond acceptors (Lipinski definition) is 7. The normalized spacial score (nSPS) is 12.0.